The number of anilines is 3. The monoisotopic (exact) mass is 469 g/mol. The number of sulfonamides is 1. The van der Waals surface area contributed by atoms with E-state index in [9.17, 15) is 8.42 Å². The van der Waals surface area contributed by atoms with Crippen LogP contribution in [-0.4, -0.2) is 23.5 Å². The summed E-state index contributed by atoms with van der Waals surface area (Å²) in [6, 6.07) is 14.2. The Morgan fingerprint density at radius 1 is 0.844 bits per heavy atom. The van der Waals surface area contributed by atoms with Crippen LogP contribution in [0.15, 0.2) is 65.8 Å². The minimum Gasteiger partial charge on any atom is -0.332 e. The summed E-state index contributed by atoms with van der Waals surface area (Å²) in [6.07, 6.45) is 2.93. The average molecular weight is 470 g/mol. The van der Waals surface area contributed by atoms with Gasteiger partial charge in [0, 0.05) is 23.8 Å². The molecule has 0 aliphatic heterocycles. The molecule has 32 heavy (non-hydrogen) atoms. The Labute approximate surface area is 194 Å². The van der Waals surface area contributed by atoms with Crippen molar-refractivity contribution < 1.29 is 8.42 Å². The van der Waals surface area contributed by atoms with Crippen LogP contribution in [0.25, 0.3) is 0 Å². The van der Waals surface area contributed by atoms with Crippen molar-refractivity contribution in [1.82, 2.24) is 9.97 Å². The second-order valence-corrected chi connectivity index (χ2v) is 9.99. The summed E-state index contributed by atoms with van der Waals surface area (Å²) in [5, 5.41) is 6.91. The number of hydrogen-bond donors (Lipinski definition) is 3. The van der Waals surface area contributed by atoms with Gasteiger partial charge < -0.3 is 10.6 Å². The van der Waals surface area contributed by atoms with Crippen molar-refractivity contribution in [3.8, 4) is 0 Å². The van der Waals surface area contributed by atoms with Crippen LogP contribution in [0.2, 0.25) is 0 Å². The third kappa shape index (κ3) is 5.80. The molecular formula is C23H27N5O2S2. The van der Waals surface area contributed by atoms with Gasteiger partial charge in [-0.15, -0.1) is 0 Å². The van der Waals surface area contributed by atoms with Crippen molar-refractivity contribution in [2.75, 3.05) is 15.4 Å². The van der Waals surface area contributed by atoms with E-state index in [1.807, 2.05) is 0 Å². The Kier molecular flexibility index (Phi) is 7.42. The maximum absolute atomic E-state index is 12.5. The van der Waals surface area contributed by atoms with Crippen molar-refractivity contribution >= 4 is 44.7 Å². The predicted octanol–water partition coefficient (Wildman–Crippen LogP) is 5.33. The molecule has 0 atom stereocenters. The highest BCUT2D eigenvalue weighted by molar-refractivity contribution is 7.92. The van der Waals surface area contributed by atoms with E-state index in [1.165, 1.54) is 35.7 Å². The molecule has 3 N–H and O–H groups in total. The molecule has 1 heterocycles. The summed E-state index contributed by atoms with van der Waals surface area (Å²) < 4.78 is 27.4. The first kappa shape index (κ1) is 23.6. The molecule has 0 unspecified atom stereocenters. The number of benzene rings is 2. The Hall–Kier alpha value is -3.04. The Morgan fingerprint density at radius 3 is 1.94 bits per heavy atom. The molecule has 7 nitrogen and oxygen atoms in total. The second-order valence-electron chi connectivity index (χ2n) is 7.90. The van der Waals surface area contributed by atoms with Crippen LogP contribution in [-0.2, 0) is 10.0 Å². The van der Waals surface area contributed by atoms with Crippen LogP contribution in [0.3, 0.4) is 0 Å². The third-order valence-corrected chi connectivity index (χ3v) is 6.37. The molecule has 3 rings (SSSR count). The van der Waals surface area contributed by atoms with Crippen LogP contribution >= 0.6 is 12.2 Å². The number of nitrogens with one attached hydrogen (secondary N) is 3. The van der Waals surface area contributed by atoms with Crippen LogP contribution in [0.1, 0.15) is 50.7 Å². The van der Waals surface area contributed by atoms with Gasteiger partial charge in [0.2, 0.25) is 5.95 Å². The van der Waals surface area contributed by atoms with E-state index in [1.54, 1.807) is 18.2 Å². The van der Waals surface area contributed by atoms with Crippen LogP contribution in [0.5, 0.6) is 0 Å². The number of para-hydroxylation sites is 1. The second kappa shape index (κ2) is 10.1. The van der Waals surface area contributed by atoms with Gasteiger partial charge in [0.25, 0.3) is 10.0 Å². The van der Waals surface area contributed by atoms with E-state index in [4.69, 9.17) is 12.2 Å². The van der Waals surface area contributed by atoms with E-state index in [0.29, 0.717) is 22.6 Å². The first-order valence-electron chi connectivity index (χ1n) is 10.3. The Balaban J connectivity index is 1.73. The van der Waals surface area contributed by atoms with Crippen molar-refractivity contribution in [3.05, 3.63) is 72.1 Å². The maximum atomic E-state index is 12.5. The molecule has 0 saturated carbocycles. The molecule has 0 fully saturated rings. The van der Waals surface area contributed by atoms with Crippen LogP contribution in [0, 0.1) is 0 Å². The largest absolute Gasteiger partial charge is 0.332 e. The summed E-state index contributed by atoms with van der Waals surface area (Å²) in [6.45, 7) is 8.59. The van der Waals surface area contributed by atoms with Crippen LogP contribution < -0.4 is 15.4 Å². The summed E-state index contributed by atoms with van der Waals surface area (Å²) in [5.41, 5.74) is 4.07. The van der Waals surface area contributed by atoms with E-state index >= 15 is 0 Å². The lowest BCUT2D eigenvalue weighted by atomic mass is 9.93. The maximum Gasteiger partial charge on any atom is 0.264 e. The van der Waals surface area contributed by atoms with Crippen molar-refractivity contribution in [3.63, 3.8) is 0 Å². The minimum absolute atomic E-state index is 0.0184. The quantitative estimate of drug-likeness (QED) is 0.402. The van der Waals surface area contributed by atoms with Crippen molar-refractivity contribution in [2.45, 2.75) is 44.4 Å². The fourth-order valence-corrected chi connectivity index (χ4v) is 4.40. The molecule has 0 saturated heterocycles. The van der Waals surface area contributed by atoms with E-state index in [2.05, 4.69) is 71.2 Å². The third-order valence-electron chi connectivity index (χ3n) is 4.83. The number of thiocarbonyl (C=S) groups is 1. The fraction of sp³-hybridized carbons (Fsp3) is 0.261. The summed E-state index contributed by atoms with van der Waals surface area (Å²) in [4.78, 5) is 7.87. The van der Waals surface area contributed by atoms with Gasteiger partial charge in [-0.05, 0) is 65.5 Å². The molecule has 0 aliphatic rings. The average Bonchev–Trinajstić information content (AvgIpc) is 2.74. The lowest BCUT2D eigenvalue weighted by Crippen LogP contribution is -2.21. The molecule has 2 aromatic carbocycles. The molecule has 0 radical (unpaired) electrons. The Bertz CT molecular complexity index is 1150. The van der Waals surface area contributed by atoms with Gasteiger partial charge in [0.1, 0.15) is 0 Å². The SMILES string of the molecule is CC(C)c1cccc(C(C)C)c1NC(=S)Nc1ccc(S(=O)(=O)Nc2ncccn2)cc1. The van der Waals surface area contributed by atoms with Gasteiger partial charge in [-0.3, -0.25) is 0 Å². The first-order valence-corrected chi connectivity index (χ1v) is 12.2. The van der Waals surface area contributed by atoms with Gasteiger partial charge >= 0.3 is 0 Å². The number of nitrogens with zero attached hydrogens (tertiary/aromatic N) is 2. The lowest BCUT2D eigenvalue weighted by molar-refractivity contribution is 0.601. The lowest BCUT2D eigenvalue weighted by Gasteiger charge is -2.21. The normalized spacial score (nSPS) is 11.4. The molecule has 0 spiro atoms. The van der Waals surface area contributed by atoms with Gasteiger partial charge in [-0.2, -0.15) is 0 Å². The Morgan fingerprint density at radius 2 is 1.41 bits per heavy atom. The zero-order valence-corrected chi connectivity index (χ0v) is 20.1. The summed E-state index contributed by atoms with van der Waals surface area (Å²) in [5.74, 6) is 0.694. The molecule has 0 amide bonds. The van der Waals surface area contributed by atoms with E-state index in [-0.39, 0.29) is 10.8 Å². The molecule has 1 aromatic heterocycles. The molecule has 168 valence electrons. The van der Waals surface area contributed by atoms with E-state index in [0.717, 1.165) is 5.69 Å². The highest BCUT2D eigenvalue weighted by atomic mass is 32.2. The highest BCUT2D eigenvalue weighted by Crippen LogP contribution is 2.32. The summed E-state index contributed by atoms with van der Waals surface area (Å²) >= 11 is 5.53. The van der Waals surface area contributed by atoms with Crippen LogP contribution in [0.4, 0.5) is 17.3 Å². The zero-order valence-electron chi connectivity index (χ0n) is 18.5. The minimum atomic E-state index is -3.79. The highest BCUT2D eigenvalue weighted by Gasteiger charge is 2.17. The summed E-state index contributed by atoms with van der Waals surface area (Å²) in [7, 11) is -3.79. The fourth-order valence-electron chi connectivity index (χ4n) is 3.22. The predicted molar refractivity (Wildman–Crippen MR) is 134 cm³/mol. The van der Waals surface area contributed by atoms with Gasteiger partial charge in [-0.1, -0.05) is 45.9 Å². The van der Waals surface area contributed by atoms with Gasteiger partial charge in [-0.25, -0.2) is 23.1 Å². The van der Waals surface area contributed by atoms with Gasteiger partial charge in [0.15, 0.2) is 5.11 Å². The van der Waals surface area contributed by atoms with Crippen molar-refractivity contribution in [2.24, 2.45) is 0 Å². The smallest absolute Gasteiger partial charge is 0.264 e. The number of aromatic nitrogens is 2. The zero-order chi connectivity index (χ0) is 23.3. The number of rotatable bonds is 7. The van der Waals surface area contributed by atoms with Crippen molar-refractivity contribution in [1.29, 1.82) is 0 Å². The molecule has 3 aromatic rings. The molecular weight excluding hydrogens is 442 g/mol. The first-order chi connectivity index (χ1) is 15.2. The molecule has 0 bridgehead atoms. The molecule has 9 heteroatoms. The topological polar surface area (TPSA) is 96.0 Å². The van der Waals surface area contributed by atoms with Gasteiger partial charge in [0.05, 0.1) is 4.90 Å². The number of hydrogen-bond acceptors (Lipinski definition) is 5. The van der Waals surface area contributed by atoms with E-state index < -0.39 is 10.0 Å². The standard InChI is InChI=1S/C23H27N5O2S2/c1-15(2)19-7-5-8-20(16(3)4)21(19)27-23(31)26-17-9-11-18(12-10-17)32(29,30)28-22-24-13-6-14-25-22/h5-16H,1-4H3,(H,24,25,28)(H2,26,27,31). The molecule has 0 aliphatic carbocycles.